The van der Waals surface area contributed by atoms with E-state index in [-0.39, 0.29) is 39.1 Å². The summed E-state index contributed by atoms with van der Waals surface area (Å²) >= 11 is 0. The monoisotopic (exact) mass is 736 g/mol. The normalized spacial score (nSPS) is 37.6. The summed E-state index contributed by atoms with van der Waals surface area (Å²) in [7, 11) is -2.89. The number of hydrogen-bond donors (Lipinski definition) is 3. The van der Waals surface area contributed by atoms with E-state index in [0.29, 0.717) is 54.8 Å². The van der Waals surface area contributed by atoms with Crippen molar-refractivity contribution >= 4 is 21.3 Å². The van der Waals surface area contributed by atoms with E-state index < -0.39 is 16.1 Å². The van der Waals surface area contributed by atoms with E-state index in [4.69, 9.17) is 0 Å². The standard InChI is InChI=1S/C44H68N2O5S/c1-30(2)34-17-23-44(40(49)45-24-9-25-46-26-28-52(50,51)29-27-46)22-16-31(3)42(6)21-19-37-41(4,5)35(32-12-14-33(15-13-32)39(47)48)18-20-43(37,7)38(42)11-8-10-36(34)44/h12-15,18,31,34,36-39,47-48H,1,8-11,16-17,19-29H2,2-7H3,(H,45,49). The molecule has 1 aromatic carbocycles. The molecule has 8 atom stereocenters. The summed E-state index contributed by atoms with van der Waals surface area (Å²) in [6, 6.07) is 7.82. The van der Waals surface area contributed by atoms with Crippen LogP contribution in [-0.2, 0) is 14.6 Å². The third-order valence-electron chi connectivity index (χ3n) is 15.9. The van der Waals surface area contributed by atoms with Gasteiger partial charge in [0.05, 0.1) is 16.9 Å². The first-order valence-corrected chi connectivity index (χ1v) is 22.3. The molecule has 8 heteroatoms. The highest BCUT2D eigenvalue weighted by molar-refractivity contribution is 7.91. The Labute approximate surface area is 315 Å². The molecule has 0 radical (unpaired) electrons. The number of carbonyl (C=O) groups is 1. The Hall–Kier alpha value is -2.00. The fourth-order valence-electron chi connectivity index (χ4n) is 12.7. The van der Waals surface area contributed by atoms with E-state index in [0.717, 1.165) is 57.9 Å². The van der Waals surface area contributed by atoms with Gasteiger partial charge in [0.25, 0.3) is 0 Å². The molecule has 1 amide bonds. The topological polar surface area (TPSA) is 107 Å². The minimum Gasteiger partial charge on any atom is -0.364 e. The van der Waals surface area contributed by atoms with E-state index >= 15 is 0 Å². The highest BCUT2D eigenvalue weighted by Gasteiger charge is 2.61. The van der Waals surface area contributed by atoms with Gasteiger partial charge in [0.2, 0.25) is 5.91 Å². The lowest BCUT2D eigenvalue weighted by atomic mass is 9.40. The predicted molar refractivity (Wildman–Crippen MR) is 211 cm³/mol. The number of carbonyl (C=O) groups excluding carboxylic acids is 1. The van der Waals surface area contributed by atoms with Gasteiger partial charge in [-0.15, -0.1) is 0 Å². The van der Waals surface area contributed by atoms with Gasteiger partial charge in [-0.2, -0.15) is 0 Å². The van der Waals surface area contributed by atoms with Crippen LogP contribution in [-0.4, -0.2) is 67.1 Å². The van der Waals surface area contributed by atoms with Crippen molar-refractivity contribution in [2.75, 3.05) is 37.7 Å². The van der Waals surface area contributed by atoms with Gasteiger partial charge in [-0.1, -0.05) is 83.5 Å². The summed E-state index contributed by atoms with van der Waals surface area (Å²) in [5, 5.41) is 22.8. The Morgan fingerprint density at radius 1 is 0.942 bits per heavy atom. The van der Waals surface area contributed by atoms with Crippen LogP contribution in [0.25, 0.3) is 5.57 Å². The number of benzene rings is 1. The average Bonchev–Trinajstić information content (AvgIpc) is 3.46. The van der Waals surface area contributed by atoms with Crippen molar-refractivity contribution in [2.45, 2.75) is 118 Å². The zero-order valence-electron chi connectivity index (χ0n) is 33.1. The number of aliphatic hydroxyl groups excluding tert-OH is 1. The number of nitrogens with zero attached hydrogens (tertiary/aromatic N) is 1. The minimum atomic E-state index is -2.89. The van der Waals surface area contributed by atoms with Gasteiger partial charge in [-0.05, 0) is 135 Å². The molecule has 3 N–H and O–H groups in total. The number of nitrogens with one attached hydrogen (secondary N) is 1. The van der Waals surface area contributed by atoms with Gasteiger partial charge >= 0.3 is 0 Å². The molecule has 4 aliphatic carbocycles. The Kier molecular flexibility index (Phi) is 11.4. The van der Waals surface area contributed by atoms with Crippen molar-refractivity contribution in [3.63, 3.8) is 0 Å². The largest absolute Gasteiger partial charge is 0.364 e. The minimum absolute atomic E-state index is 0.0122. The summed E-state index contributed by atoms with van der Waals surface area (Å²) in [5.74, 6) is 3.08. The average molecular weight is 737 g/mol. The maximum Gasteiger partial charge on any atom is 0.226 e. The number of amides is 1. The first-order valence-electron chi connectivity index (χ1n) is 20.5. The van der Waals surface area contributed by atoms with Crippen LogP contribution in [0.2, 0.25) is 0 Å². The quantitative estimate of drug-likeness (QED) is 0.142. The van der Waals surface area contributed by atoms with Crippen LogP contribution in [0.5, 0.6) is 0 Å². The molecule has 1 aromatic rings. The molecule has 0 aromatic heterocycles. The fourth-order valence-corrected chi connectivity index (χ4v) is 14.0. The summed E-state index contributed by atoms with van der Waals surface area (Å²) in [4.78, 5) is 16.7. The number of aliphatic hydroxyl groups is 2. The van der Waals surface area contributed by atoms with Gasteiger partial charge in [-0.3, -0.25) is 4.79 Å². The second-order valence-electron chi connectivity index (χ2n) is 18.9. The Morgan fingerprint density at radius 2 is 1.62 bits per heavy atom. The molecule has 52 heavy (non-hydrogen) atoms. The molecule has 1 saturated heterocycles. The van der Waals surface area contributed by atoms with Gasteiger partial charge in [0.15, 0.2) is 16.1 Å². The van der Waals surface area contributed by atoms with Gasteiger partial charge in [0, 0.05) is 25.2 Å². The molecule has 8 unspecified atom stereocenters. The second-order valence-corrected chi connectivity index (χ2v) is 21.2. The number of hydrogen-bond acceptors (Lipinski definition) is 6. The Bertz CT molecular complexity index is 1600. The van der Waals surface area contributed by atoms with Gasteiger partial charge < -0.3 is 20.4 Å². The van der Waals surface area contributed by atoms with Crippen molar-refractivity contribution < 1.29 is 23.4 Å². The van der Waals surface area contributed by atoms with Crippen molar-refractivity contribution in [3.05, 3.63) is 53.6 Å². The van der Waals surface area contributed by atoms with E-state index in [1.807, 2.05) is 12.1 Å². The third-order valence-corrected chi connectivity index (χ3v) is 17.5. The van der Waals surface area contributed by atoms with Crippen LogP contribution in [0.15, 0.2) is 42.5 Å². The van der Waals surface area contributed by atoms with Gasteiger partial charge in [0.1, 0.15) is 0 Å². The molecule has 6 rings (SSSR count). The third kappa shape index (κ3) is 7.24. The van der Waals surface area contributed by atoms with Crippen molar-refractivity contribution in [2.24, 2.45) is 51.2 Å². The zero-order valence-corrected chi connectivity index (χ0v) is 33.9. The van der Waals surface area contributed by atoms with Crippen LogP contribution in [0.1, 0.15) is 130 Å². The molecule has 3 saturated carbocycles. The molecule has 290 valence electrons. The van der Waals surface area contributed by atoms with E-state index in [2.05, 4.69) is 76.5 Å². The molecule has 1 aliphatic heterocycles. The number of fused-ring (bicyclic) bond motifs is 4. The van der Waals surface area contributed by atoms with Crippen LogP contribution in [0, 0.1) is 51.2 Å². The Balaban J connectivity index is 1.21. The second kappa shape index (κ2) is 14.9. The van der Waals surface area contributed by atoms with E-state index in [9.17, 15) is 23.4 Å². The summed E-state index contributed by atoms with van der Waals surface area (Å²) < 4.78 is 23.7. The molecular weight excluding hydrogens is 669 g/mol. The lowest BCUT2D eigenvalue weighted by Crippen LogP contribution is -2.56. The smallest absolute Gasteiger partial charge is 0.226 e. The van der Waals surface area contributed by atoms with Crippen molar-refractivity contribution in [1.29, 1.82) is 0 Å². The molecule has 1 heterocycles. The summed E-state index contributed by atoms with van der Waals surface area (Å²) in [6.45, 7) is 21.9. The lowest BCUT2D eigenvalue weighted by Gasteiger charge is -2.64. The number of rotatable bonds is 8. The van der Waals surface area contributed by atoms with Crippen LogP contribution < -0.4 is 5.32 Å². The maximum absolute atomic E-state index is 14.5. The maximum atomic E-state index is 14.5. The molecule has 7 nitrogen and oxygen atoms in total. The first kappa shape index (κ1) is 39.7. The number of allylic oxidation sites excluding steroid dienone is 3. The molecular formula is C44H68N2O5S. The van der Waals surface area contributed by atoms with Crippen LogP contribution in [0.3, 0.4) is 0 Å². The van der Waals surface area contributed by atoms with E-state index in [1.54, 1.807) is 0 Å². The van der Waals surface area contributed by atoms with Crippen molar-refractivity contribution in [3.8, 4) is 0 Å². The predicted octanol–water partition coefficient (Wildman–Crippen LogP) is 7.95. The molecule has 0 bridgehead atoms. The van der Waals surface area contributed by atoms with E-state index in [1.165, 1.54) is 36.0 Å². The SMILES string of the molecule is C=C(C)C1CCC2(C(=O)NCCCN3CCS(=O)(=O)CC3)CCC(C)C3(C)CCC4C(C)(C)C(c5ccc(C(O)O)cc5)=CCC4(C)C3CCCC12. The highest BCUT2D eigenvalue weighted by Crippen LogP contribution is 2.69. The lowest BCUT2D eigenvalue weighted by molar-refractivity contribution is -0.139. The number of sulfone groups is 1. The fraction of sp³-hybridized carbons (Fsp3) is 0.750. The van der Waals surface area contributed by atoms with Crippen LogP contribution in [0.4, 0.5) is 0 Å². The molecule has 5 aliphatic rings. The van der Waals surface area contributed by atoms with Crippen LogP contribution >= 0.6 is 0 Å². The Morgan fingerprint density at radius 3 is 2.27 bits per heavy atom. The van der Waals surface area contributed by atoms with Gasteiger partial charge in [-0.25, -0.2) is 8.42 Å². The molecule has 4 fully saturated rings. The van der Waals surface area contributed by atoms with Crippen molar-refractivity contribution in [1.82, 2.24) is 10.2 Å². The zero-order chi connectivity index (χ0) is 37.7. The first-order chi connectivity index (χ1) is 24.4. The summed E-state index contributed by atoms with van der Waals surface area (Å²) in [5.41, 5.74) is 4.34. The highest BCUT2D eigenvalue weighted by atomic mass is 32.2. The molecule has 0 spiro atoms. The summed E-state index contributed by atoms with van der Waals surface area (Å²) in [6.07, 6.45) is 12.8.